The van der Waals surface area contributed by atoms with Crippen molar-refractivity contribution < 1.29 is 14.1 Å². The Morgan fingerprint density at radius 3 is 2.59 bits per heavy atom. The van der Waals surface area contributed by atoms with Crippen LogP contribution in [0.2, 0.25) is 0 Å². The van der Waals surface area contributed by atoms with Crippen LogP contribution >= 0.6 is 11.3 Å². The van der Waals surface area contributed by atoms with Crippen molar-refractivity contribution in [2.24, 2.45) is 0 Å². The number of piperazine rings is 1. The first-order valence-corrected chi connectivity index (χ1v) is 9.18. The smallest absolute Gasteiger partial charge is 0.270 e. The highest BCUT2D eigenvalue weighted by Crippen LogP contribution is 2.32. The number of nitro benzene ring substituents is 1. The van der Waals surface area contributed by atoms with Crippen molar-refractivity contribution in [3.8, 4) is 0 Å². The van der Waals surface area contributed by atoms with Gasteiger partial charge in [-0.15, -0.1) is 0 Å². The maximum absolute atomic E-state index is 13.8. The van der Waals surface area contributed by atoms with Crippen LogP contribution in [-0.4, -0.2) is 46.9 Å². The van der Waals surface area contributed by atoms with Gasteiger partial charge in [0, 0.05) is 38.3 Å². The number of benzene rings is 2. The summed E-state index contributed by atoms with van der Waals surface area (Å²) in [5.41, 5.74) is 0.835. The summed E-state index contributed by atoms with van der Waals surface area (Å²) >= 11 is 1.39. The lowest BCUT2D eigenvalue weighted by Crippen LogP contribution is -2.49. The fourth-order valence-electron chi connectivity index (χ4n) is 3.06. The van der Waals surface area contributed by atoms with E-state index in [4.69, 9.17) is 0 Å². The molecule has 0 aliphatic carbocycles. The van der Waals surface area contributed by atoms with Crippen LogP contribution in [0, 0.1) is 15.9 Å². The van der Waals surface area contributed by atoms with Crippen molar-refractivity contribution >= 4 is 38.3 Å². The quantitative estimate of drug-likeness (QED) is 0.510. The second-order valence-corrected chi connectivity index (χ2v) is 7.17. The molecular formula is C18H15FN4O3S. The van der Waals surface area contributed by atoms with Crippen LogP contribution in [0.1, 0.15) is 10.4 Å². The first-order valence-electron chi connectivity index (χ1n) is 8.36. The fourth-order valence-corrected chi connectivity index (χ4v) is 4.11. The Morgan fingerprint density at radius 1 is 1.15 bits per heavy atom. The molecule has 2 heterocycles. The molecule has 1 aliphatic heterocycles. The highest BCUT2D eigenvalue weighted by Gasteiger charge is 2.25. The van der Waals surface area contributed by atoms with Crippen molar-refractivity contribution in [2.45, 2.75) is 0 Å². The van der Waals surface area contributed by atoms with E-state index in [1.54, 1.807) is 23.1 Å². The Kier molecular flexibility index (Phi) is 4.44. The average molecular weight is 386 g/mol. The molecule has 1 aliphatic rings. The molecule has 138 valence electrons. The van der Waals surface area contributed by atoms with Crippen LogP contribution in [0.5, 0.6) is 0 Å². The lowest BCUT2D eigenvalue weighted by atomic mass is 10.1. The van der Waals surface area contributed by atoms with Gasteiger partial charge in [-0.3, -0.25) is 14.9 Å². The van der Waals surface area contributed by atoms with Crippen molar-refractivity contribution in [1.29, 1.82) is 0 Å². The minimum atomic E-state index is -0.516. The van der Waals surface area contributed by atoms with E-state index in [0.717, 1.165) is 9.83 Å². The molecule has 1 saturated heterocycles. The minimum absolute atomic E-state index is 0.0398. The number of non-ortho nitro benzene ring substituents is 1. The molecule has 0 unspecified atom stereocenters. The maximum atomic E-state index is 13.8. The number of rotatable bonds is 3. The summed E-state index contributed by atoms with van der Waals surface area (Å²) in [6.45, 7) is 2.07. The largest absolute Gasteiger partial charge is 0.345 e. The van der Waals surface area contributed by atoms with Crippen LogP contribution < -0.4 is 4.90 Å². The number of fused-ring (bicyclic) bond motifs is 1. The number of nitrogens with zero attached hydrogens (tertiary/aromatic N) is 4. The fraction of sp³-hybridized carbons (Fsp3) is 0.222. The van der Waals surface area contributed by atoms with E-state index in [9.17, 15) is 19.3 Å². The number of nitro groups is 1. The predicted molar refractivity (Wildman–Crippen MR) is 101 cm³/mol. The number of anilines is 1. The molecule has 0 bridgehead atoms. The SMILES string of the molecule is O=C(c1ccccc1F)N1CCN(c2nc3ccc([N+](=O)[O-])cc3s2)CC1. The third kappa shape index (κ3) is 3.33. The molecule has 3 aromatic rings. The van der Waals surface area contributed by atoms with Crippen LogP contribution in [0.25, 0.3) is 10.2 Å². The molecule has 4 rings (SSSR count). The zero-order valence-corrected chi connectivity index (χ0v) is 15.0. The average Bonchev–Trinajstić information content (AvgIpc) is 3.11. The van der Waals surface area contributed by atoms with Crippen molar-refractivity contribution in [3.63, 3.8) is 0 Å². The molecule has 2 aromatic carbocycles. The Balaban J connectivity index is 1.47. The van der Waals surface area contributed by atoms with E-state index >= 15 is 0 Å². The van der Waals surface area contributed by atoms with Gasteiger partial charge in [-0.2, -0.15) is 0 Å². The lowest BCUT2D eigenvalue weighted by molar-refractivity contribution is -0.384. The Hall–Kier alpha value is -3.07. The van der Waals surface area contributed by atoms with Crippen molar-refractivity contribution in [2.75, 3.05) is 31.1 Å². The number of thiazole rings is 1. The van der Waals surface area contributed by atoms with Gasteiger partial charge in [0.1, 0.15) is 5.82 Å². The first-order chi connectivity index (χ1) is 13.0. The lowest BCUT2D eigenvalue weighted by Gasteiger charge is -2.34. The molecule has 27 heavy (non-hydrogen) atoms. The van der Waals surface area contributed by atoms with Gasteiger partial charge < -0.3 is 9.80 Å². The Bertz CT molecular complexity index is 1030. The molecule has 1 amide bonds. The number of amides is 1. The third-order valence-electron chi connectivity index (χ3n) is 4.51. The van der Waals surface area contributed by atoms with E-state index in [0.29, 0.717) is 31.7 Å². The highest BCUT2D eigenvalue weighted by molar-refractivity contribution is 7.22. The zero-order valence-electron chi connectivity index (χ0n) is 14.2. The van der Waals surface area contributed by atoms with Gasteiger partial charge in [0.25, 0.3) is 11.6 Å². The van der Waals surface area contributed by atoms with Crippen molar-refractivity contribution in [1.82, 2.24) is 9.88 Å². The zero-order chi connectivity index (χ0) is 19.0. The van der Waals surface area contributed by atoms with Crippen molar-refractivity contribution in [3.05, 3.63) is 64.0 Å². The molecule has 0 N–H and O–H groups in total. The molecule has 0 atom stereocenters. The molecule has 7 nitrogen and oxygen atoms in total. The summed E-state index contributed by atoms with van der Waals surface area (Å²) in [6, 6.07) is 10.6. The van der Waals surface area contributed by atoms with Gasteiger partial charge in [-0.25, -0.2) is 9.37 Å². The van der Waals surface area contributed by atoms with Gasteiger partial charge in [0.05, 0.1) is 20.7 Å². The third-order valence-corrected chi connectivity index (χ3v) is 5.59. The number of carbonyl (C=O) groups is 1. The van der Waals surface area contributed by atoms with E-state index in [1.807, 2.05) is 4.90 Å². The summed E-state index contributed by atoms with van der Waals surface area (Å²) in [6.07, 6.45) is 0. The summed E-state index contributed by atoms with van der Waals surface area (Å²) in [5, 5.41) is 11.7. The maximum Gasteiger partial charge on any atom is 0.270 e. The van der Waals surface area contributed by atoms with Gasteiger partial charge in [-0.1, -0.05) is 23.5 Å². The standard InChI is InChI=1S/C18H15FN4O3S/c19-14-4-2-1-3-13(14)17(24)21-7-9-22(10-8-21)18-20-15-6-5-12(23(25)26)11-16(15)27-18/h1-6,11H,7-10H2. The van der Waals surface area contributed by atoms with E-state index in [1.165, 1.54) is 35.6 Å². The number of hydrogen-bond acceptors (Lipinski definition) is 6. The van der Waals surface area contributed by atoms with E-state index in [2.05, 4.69) is 4.98 Å². The molecular weight excluding hydrogens is 371 g/mol. The number of aromatic nitrogens is 1. The summed E-state index contributed by atoms with van der Waals surface area (Å²) < 4.78 is 14.6. The Labute approximate surface area is 157 Å². The van der Waals surface area contributed by atoms with Crippen LogP contribution in [0.4, 0.5) is 15.2 Å². The van der Waals surface area contributed by atoms with Gasteiger partial charge in [0.2, 0.25) is 0 Å². The number of halogens is 1. The first kappa shape index (κ1) is 17.3. The summed E-state index contributed by atoms with van der Waals surface area (Å²) in [4.78, 5) is 31.2. The predicted octanol–water partition coefficient (Wildman–Crippen LogP) is 3.31. The number of carbonyl (C=O) groups excluding carboxylic acids is 1. The summed E-state index contributed by atoms with van der Waals surface area (Å²) in [5.74, 6) is -0.828. The highest BCUT2D eigenvalue weighted by atomic mass is 32.1. The Morgan fingerprint density at radius 2 is 1.89 bits per heavy atom. The van der Waals surface area contributed by atoms with Crippen LogP contribution in [-0.2, 0) is 0 Å². The normalized spacial score (nSPS) is 14.6. The minimum Gasteiger partial charge on any atom is -0.345 e. The van der Waals surface area contributed by atoms with Gasteiger partial charge >= 0.3 is 0 Å². The molecule has 0 saturated carbocycles. The molecule has 1 aromatic heterocycles. The van der Waals surface area contributed by atoms with E-state index < -0.39 is 10.7 Å². The molecule has 0 spiro atoms. The molecule has 0 radical (unpaired) electrons. The van der Waals surface area contributed by atoms with Gasteiger partial charge in [0.15, 0.2) is 5.13 Å². The summed E-state index contributed by atoms with van der Waals surface area (Å²) in [7, 11) is 0. The monoisotopic (exact) mass is 386 g/mol. The van der Waals surface area contributed by atoms with E-state index in [-0.39, 0.29) is 17.2 Å². The molecule has 9 heteroatoms. The number of hydrogen-bond donors (Lipinski definition) is 0. The van der Waals surface area contributed by atoms with Gasteiger partial charge in [-0.05, 0) is 18.2 Å². The van der Waals surface area contributed by atoms with Crippen LogP contribution in [0.3, 0.4) is 0 Å². The van der Waals surface area contributed by atoms with Crippen LogP contribution in [0.15, 0.2) is 42.5 Å². The second-order valence-electron chi connectivity index (χ2n) is 6.16. The molecule has 1 fully saturated rings. The second kappa shape index (κ2) is 6.92. The topological polar surface area (TPSA) is 79.6 Å².